The van der Waals surface area contributed by atoms with Gasteiger partial charge >= 0.3 is 0 Å². The maximum atomic E-state index is 12.6. The minimum Gasteiger partial charge on any atom is -0.497 e. The van der Waals surface area contributed by atoms with Crippen LogP contribution in [0.15, 0.2) is 35.5 Å². The second kappa shape index (κ2) is 9.90. The number of nitrogens with zero attached hydrogens (tertiary/aromatic N) is 3. The Balaban J connectivity index is 1.37. The van der Waals surface area contributed by atoms with Crippen molar-refractivity contribution in [3.63, 3.8) is 0 Å². The fourth-order valence-electron chi connectivity index (χ4n) is 2.85. The van der Waals surface area contributed by atoms with Gasteiger partial charge in [-0.2, -0.15) is 4.37 Å². The molecule has 3 rings (SSSR count). The average Bonchev–Trinajstić information content (AvgIpc) is 3.34. The number of fused-ring (bicyclic) bond motifs is 1. The Morgan fingerprint density at radius 1 is 1.10 bits per heavy atom. The van der Waals surface area contributed by atoms with Gasteiger partial charge in [-0.25, -0.2) is 18.1 Å². The molecular formula is C18H25N5O4S2. The highest BCUT2D eigenvalue weighted by molar-refractivity contribution is 7.89. The standard InChI is InChI=1S/C18H25N5O4S2/c1-26-14-7-8-15(27-2)16(13-14)29(24,25)21-10-6-4-3-5-9-19-17-22-28-18-20-11-12-23(17)18/h7-8,11-13,21H,3-6,9-10H2,1-2H3,(H,19,22). The first-order valence-electron chi connectivity index (χ1n) is 9.29. The molecule has 11 heteroatoms. The number of aromatic nitrogens is 3. The van der Waals surface area contributed by atoms with Gasteiger partial charge in [0.1, 0.15) is 16.4 Å². The molecule has 0 atom stereocenters. The quantitative estimate of drug-likeness (QED) is 0.418. The van der Waals surface area contributed by atoms with Crippen molar-refractivity contribution in [1.82, 2.24) is 18.5 Å². The van der Waals surface area contributed by atoms with Crippen LogP contribution in [-0.4, -0.2) is 49.5 Å². The zero-order chi connectivity index (χ0) is 20.7. The molecule has 0 unspecified atom stereocenters. The highest BCUT2D eigenvalue weighted by atomic mass is 32.2. The van der Waals surface area contributed by atoms with E-state index in [1.54, 1.807) is 18.3 Å². The number of methoxy groups -OCH3 is 2. The topological polar surface area (TPSA) is 107 Å². The van der Waals surface area contributed by atoms with E-state index in [0.29, 0.717) is 18.0 Å². The van der Waals surface area contributed by atoms with Crippen molar-refractivity contribution in [2.75, 3.05) is 32.6 Å². The summed E-state index contributed by atoms with van der Waals surface area (Å²) >= 11 is 1.36. The smallest absolute Gasteiger partial charge is 0.244 e. The first-order chi connectivity index (χ1) is 14.0. The van der Waals surface area contributed by atoms with Crippen LogP contribution in [0.3, 0.4) is 0 Å². The van der Waals surface area contributed by atoms with Crippen LogP contribution in [-0.2, 0) is 10.0 Å². The van der Waals surface area contributed by atoms with E-state index >= 15 is 0 Å². The molecule has 0 bridgehead atoms. The summed E-state index contributed by atoms with van der Waals surface area (Å²) in [5, 5.41) is 3.30. The van der Waals surface area contributed by atoms with Gasteiger partial charge in [-0.05, 0) is 25.0 Å². The molecule has 0 fully saturated rings. The van der Waals surface area contributed by atoms with Gasteiger partial charge in [0.2, 0.25) is 20.9 Å². The second-order valence-corrected chi connectivity index (χ2v) is 8.81. The highest BCUT2D eigenvalue weighted by Crippen LogP contribution is 2.28. The maximum Gasteiger partial charge on any atom is 0.244 e. The number of hydrogen-bond acceptors (Lipinski definition) is 8. The van der Waals surface area contributed by atoms with Crippen molar-refractivity contribution in [3.05, 3.63) is 30.6 Å². The largest absolute Gasteiger partial charge is 0.497 e. The average molecular weight is 440 g/mol. The van der Waals surface area contributed by atoms with Crippen LogP contribution >= 0.6 is 11.5 Å². The van der Waals surface area contributed by atoms with E-state index < -0.39 is 10.0 Å². The number of nitrogens with one attached hydrogen (secondary N) is 2. The van der Waals surface area contributed by atoms with E-state index in [1.165, 1.54) is 31.8 Å². The summed E-state index contributed by atoms with van der Waals surface area (Å²) in [4.78, 5) is 5.14. The van der Waals surface area contributed by atoms with E-state index in [2.05, 4.69) is 19.4 Å². The number of sulfonamides is 1. The van der Waals surface area contributed by atoms with Gasteiger partial charge in [-0.15, -0.1) is 0 Å². The normalized spacial score (nSPS) is 11.7. The van der Waals surface area contributed by atoms with E-state index in [-0.39, 0.29) is 4.90 Å². The number of benzene rings is 1. The molecule has 0 spiro atoms. The Labute approximate surface area is 174 Å². The fourth-order valence-corrected chi connectivity index (χ4v) is 4.77. The predicted molar refractivity (Wildman–Crippen MR) is 113 cm³/mol. The monoisotopic (exact) mass is 439 g/mol. The van der Waals surface area contributed by atoms with Crippen molar-refractivity contribution in [3.8, 4) is 11.5 Å². The lowest BCUT2D eigenvalue weighted by Crippen LogP contribution is -2.25. The molecule has 2 N–H and O–H groups in total. The zero-order valence-electron chi connectivity index (χ0n) is 16.4. The SMILES string of the molecule is COc1ccc(OC)c(S(=O)(=O)NCCCCCCNc2nsc3nccn23)c1. The van der Waals surface area contributed by atoms with Crippen molar-refractivity contribution in [1.29, 1.82) is 0 Å². The molecule has 0 amide bonds. The number of ether oxygens (including phenoxy) is 2. The summed E-state index contributed by atoms with van der Waals surface area (Å²) in [6.07, 6.45) is 7.29. The number of rotatable bonds is 12. The molecule has 0 radical (unpaired) electrons. The van der Waals surface area contributed by atoms with Crippen molar-refractivity contribution < 1.29 is 17.9 Å². The molecule has 0 aliphatic carbocycles. The van der Waals surface area contributed by atoms with E-state index in [1.807, 2.05) is 10.6 Å². The molecule has 0 saturated heterocycles. The van der Waals surface area contributed by atoms with Crippen LogP contribution in [0.4, 0.5) is 5.95 Å². The van der Waals surface area contributed by atoms with Crippen LogP contribution in [0.2, 0.25) is 0 Å². The first-order valence-corrected chi connectivity index (χ1v) is 11.5. The molecule has 29 heavy (non-hydrogen) atoms. The zero-order valence-corrected chi connectivity index (χ0v) is 18.1. The summed E-state index contributed by atoms with van der Waals surface area (Å²) in [5.74, 6) is 1.56. The molecule has 0 aliphatic rings. The molecule has 3 aromatic rings. The minimum absolute atomic E-state index is 0.0811. The molecule has 0 saturated carbocycles. The summed E-state index contributed by atoms with van der Waals surface area (Å²) < 4.78 is 44.3. The molecule has 9 nitrogen and oxygen atoms in total. The fraction of sp³-hybridized carbons (Fsp3) is 0.444. The van der Waals surface area contributed by atoms with Crippen LogP contribution in [0.5, 0.6) is 11.5 Å². The number of unbranched alkanes of at least 4 members (excludes halogenated alkanes) is 3. The maximum absolute atomic E-state index is 12.6. The molecular weight excluding hydrogens is 414 g/mol. The number of anilines is 1. The number of hydrogen-bond donors (Lipinski definition) is 2. The van der Waals surface area contributed by atoms with Gasteiger partial charge in [-0.3, -0.25) is 4.40 Å². The Kier molecular flexibility index (Phi) is 7.29. The van der Waals surface area contributed by atoms with Gasteiger partial charge in [0.25, 0.3) is 0 Å². The molecule has 1 aromatic carbocycles. The summed E-state index contributed by atoms with van der Waals surface area (Å²) in [6, 6.07) is 4.71. The van der Waals surface area contributed by atoms with Crippen molar-refractivity contribution >= 4 is 32.5 Å². The van der Waals surface area contributed by atoms with Gasteiger partial charge in [0, 0.05) is 43.1 Å². The molecule has 0 aliphatic heterocycles. The van der Waals surface area contributed by atoms with Gasteiger partial charge < -0.3 is 14.8 Å². The lowest BCUT2D eigenvalue weighted by Gasteiger charge is -2.12. The third-order valence-corrected chi connectivity index (χ3v) is 6.60. The van der Waals surface area contributed by atoms with Crippen molar-refractivity contribution in [2.45, 2.75) is 30.6 Å². The number of imidazole rings is 1. The molecule has 2 aromatic heterocycles. The van der Waals surface area contributed by atoms with E-state index in [4.69, 9.17) is 9.47 Å². The van der Waals surface area contributed by atoms with E-state index in [0.717, 1.165) is 43.1 Å². The van der Waals surface area contributed by atoms with Gasteiger partial charge in [-0.1, -0.05) is 12.8 Å². The summed E-state index contributed by atoms with van der Waals surface area (Å²) in [7, 11) is -0.725. The third-order valence-electron chi connectivity index (χ3n) is 4.39. The molecule has 158 valence electrons. The van der Waals surface area contributed by atoms with Gasteiger partial charge in [0.15, 0.2) is 0 Å². The summed E-state index contributed by atoms with van der Waals surface area (Å²) in [6.45, 7) is 1.18. The Morgan fingerprint density at radius 2 is 1.90 bits per heavy atom. The van der Waals surface area contributed by atoms with Crippen LogP contribution in [0.25, 0.3) is 4.96 Å². The van der Waals surface area contributed by atoms with Crippen LogP contribution in [0, 0.1) is 0 Å². The van der Waals surface area contributed by atoms with Crippen molar-refractivity contribution in [2.24, 2.45) is 0 Å². The first kappa shape index (κ1) is 21.3. The summed E-state index contributed by atoms with van der Waals surface area (Å²) in [5.41, 5.74) is 0. The lowest BCUT2D eigenvalue weighted by atomic mass is 10.2. The Bertz CT molecular complexity index is 1030. The van der Waals surface area contributed by atoms with Gasteiger partial charge in [0.05, 0.1) is 14.2 Å². The van der Waals surface area contributed by atoms with Crippen LogP contribution in [0.1, 0.15) is 25.7 Å². The Morgan fingerprint density at radius 3 is 2.66 bits per heavy atom. The minimum atomic E-state index is -3.66. The predicted octanol–water partition coefficient (Wildman–Crippen LogP) is 2.76. The lowest BCUT2D eigenvalue weighted by molar-refractivity contribution is 0.392. The van der Waals surface area contributed by atoms with E-state index in [9.17, 15) is 8.42 Å². The van der Waals surface area contributed by atoms with Crippen LogP contribution < -0.4 is 19.5 Å². The molecule has 2 heterocycles. The highest BCUT2D eigenvalue weighted by Gasteiger charge is 2.20. The second-order valence-electron chi connectivity index (χ2n) is 6.34. The third kappa shape index (κ3) is 5.37. The Hall–Kier alpha value is -2.37.